The Hall–Kier alpha value is -2.13. The fourth-order valence-electron chi connectivity index (χ4n) is 3.36. The van der Waals surface area contributed by atoms with E-state index in [0.717, 1.165) is 30.2 Å². The molecule has 0 fully saturated rings. The Morgan fingerprint density at radius 3 is 1.89 bits per heavy atom. The minimum Gasteiger partial charge on any atom is -0.508 e. The highest BCUT2D eigenvalue weighted by molar-refractivity contribution is 5.81. The largest absolute Gasteiger partial charge is 0.508 e. The quantitative estimate of drug-likeness (QED) is 0.113. The fraction of sp³-hybridized carbons (Fsp3) is 0.679. The van der Waals surface area contributed by atoms with Gasteiger partial charge in [0.25, 0.3) is 0 Å². The first-order valence-corrected chi connectivity index (χ1v) is 13.2. The van der Waals surface area contributed by atoms with Crippen molar-refractivity contribution in [1.82, 2.24) is 0 Å². The second kappa shape index (κ2) is 23.3. The van der Waals surface area contributed by atoms with E-state index in [0.29, 0.717) is 65.2 Å². The van der Waals surface area contributed by atoms with Gasteiger partial charge in [-0.25, -0.2) is 4.79 Å². The number of hydrogen-bond acceptors (Lipinski definition) is 8. The number of aryl methyl sites for hydroxylation is 1. The molecule has 206 valence electrons. The van der Waals surface area contributed by atoms with E-state index in [1.54, 1.807) is 12.1 Å². The van der Waals surface area contributed by atoms with Crippen LogP contribution in [0.2, 0.25) is 0 Å². The van der Waals surface area contributed by atoms with Crippen molar-refractivity contribution in [1.29, 1.82) is 0 Å². The molecule has 8 heteroatoms. The zero-order chi connectivity index (χ0) is 26.1. The van der Waals surface area contributed by atoms with Crippen LogP contribution in [-0.4, -0.2) is 77.1 Å². The van der Waals surface area contributed by atoms with Gasteiger partial charge in [-0.2, -0.15) is 0 Å². The van der Waals surface area contributed by atoms with Crippen LogP contribution in [0.3, 0.4) is 0 Å². The molecule has 1 aromatic carbocycles. The van der Waals surface area contributed by atoms with Crippen molar-refractivity contribution in [3.05, 3.63) is 36.4 Å². The van der Waals surface area contributed by atoms with E-state index in [4.69, 9.17) is 28.4 Å². The highest BCUT2D eigenvalue weighted by Crippen LogP contribution is 2.25. The number of carbonyl (C=O) groups excluding carboxylic acids is 1. The number of phenolic OH excluding ortho intramolecular Hbond substituents is 1. The monoisotopic (exact) mass is 510 g/mol. The van der Waals surface area contributed by atoms with E-state index in [9.17, 15) is 9.90 Å². The second-order valence-electron chi connectivity index (χ2n) is 8.33. The molecule has 0 aromatic heterocycles. The van der Waals surface area contributed by atoms with Crippen molar-refractivity contribution in [2.45, 2.75) is 58.3 Å². The highest BCUT2D eigenvalue weighted by atomic mass is 16.6. The molecule has 0 unspecified atom stereocenters. The molecule has 0 atom stereocenters. The number of aromatic hydroxyl groups is 1. The van der Waals surface area contributed by atoms with E-state index in [1.807, 2.05) is 6.07 Å². The number of rotatable bonds is 25. The van der Waals surface area contributed by atoms with E-state index < -0.39 is 5.97 Å². The number of hydrogen-bond donors (Lipinski definition) is 1. The van der Waals surface area contributed by atoms with Crippen molar-refractivity contribution in [3.8, 4) is 11.5 Å². The Kier molecular flexibility index (Phi) is 20.6. The van der Waals surface area contributed by atoms with E-state index in [-0.39, 0.29) is 6.61 Å². The summed E-state index contributed by atoms with van der Waals surface area (Å²) in [5.41, 5.74) is 0.943. The fourth-order valence-corrected chi connectivity index (χ4v) is 3.36. The maximum absolute atomic E-state index is 10.8. The average molecular weight is 511 g/mol. The van der Waals surface area contributed by atoms with E-state index in [2.05, 4.69) is 13.5 Å². The van der Waals surface area contributed by atoms with Gasteiger partial charge in [-0.1, -0.05) is 52.0 Å². The minimum absolute atomic E-state index is 0.203. The Labute approximate surface area is 216 Å². The summed E-state index contributed by atoms with van der Waals surface area (Å²) >= 11 is 0. The molecule has 0 heterocycles. The Bertz CT molecular complexity index is 680. The lowest BCUT2D eigenvalue weighted by Gasteiger charge is -2.11. The first-order chi connectivity index (χ1) is 17.7. The van der Waals surface area contributed by atoms with Crippen molar-refractivity contribution < 1.29 is 38.3 Å². The Morgan fingerprint density at radius 1 is 0.778 bits per heavy atom. The lowest BCUT2D eigenvalue weighted by molar-refractivity contribution is -0.139. The molecule has 0 amide bonds. The Morgan fingerprint density at radius 2 is 1.31 bits per heavy atom. The maximum Gasteiger partial charge on any atom is 0.330 e. The summed E-state index contributed by atoms with van der Waals surface area (Å²) in [6.07, 6.45) is 10.7. The van der Waals surface area contributed by atoms with Gasteiger partial charge >= 0.3 is 5.97 Å². The summed E-state index contributed by atoms with van der Waals surface area (Å²) in [4.78, 5) is 10.8. The summed E-state index contributed by atoms with van der Waals surface area (Å²) < 4.78 is 32.2. The van der Waals surface area contributed by atoms with Gasteiger partial charge in [-0.3, -0.25) is 0 Å². The smallest absolute Gasteiger partial charge is 0.330 e. The molecule has 1 rings (SSSR count). The minimum atomic E-state index is -0.455. The zero-order valence-corrected chi connectivity index (χ0v) is 22.0. The lowest BCUT2D eigenvalue weighted by atomic mass is 10.0. The number of unbranched alkanes of at least 4 members (excludes halogenated alkanes) is 6. The van der Waals surface area contributed by atoms with Gasteiger partial charge < -0.3 is 33.5 Å². The number of carbonyl (C=O) groups is 1. The van der Waals surface area contributed by atoms with Crippen LogP contribution in [0.5, 0.6) is 11.5 Å². The number of phenols is 1. The first kappa shape index (κ1) is 31.9. The molecule has 0 saturated carbocycles. The van der Waals surface area contributed by atoms with Crippen LogP contribution < -0.4 is 4.74 Å². The van der Waals surface area contributed by atoms with Crippen molar-refractivity contribution in [2.24, 2.45) is 0 Å². The number of benzene rings is 1. The normalized spacial score (nSPS) is 10.9. The molecule has 1 N–H and O–H groups in total. The van der Waals surface area contributed by atoms with Crippen LogP contribution in [0.15, 0.2) is 30.9 Å². The highest BCUT2D eigenvalue weighted by Gasteiger charge is 2.04. The summed E-state index contributed by atoms with van der Waals surface area (Å²) in [5.74, 6) is 0.637. The van der Waals surface area contributed by atoms with Crippen LogP contribution in [0.4, 0.5) is 0 Å². The molecule has 1 aromatic rings. The zero-order valence-electron chi connectivity index (χ0n) is 22.0. The standard InChI is InChI=1S/C28H46O8/c1-3-5-6-7-8-9-10-11-25-24-26(12-13-27(25)29)35-22-20-33-18-16-31-14-15-32-17-19-34-21-23-36-28(30)4-2/h4,12-13,24,29H,2-3,5-11,14-23H2,1H3. The van der Waals surface area contributed by atoms with E-state index in [1.165, 1.54) is 38.5 Å². The number of esters is 1. The third-order valence-electron chi connectivity index (χ3n) is 5.35. The van der Waals surface area contributed by atoms with Crippen LogP contribution >= 0.6 is 0 Å². The summed E-state index contributed by atoms with van der Waals surface area (Å²) in [6, 6.07) is 5.42. The molecule has 0 aliphatic rings. The molecular formula is C28H46O8. The van der Waals surface area contributed by atoms with Crippen molar-refractivity contribution in [2.75, 3.05) is 66.1 Å². The molecule has 0 spiro atoms. The van der Waals surface area contributed by atoms with Crippen LogP contribution in [0, 0.1) is 0 Å². The van der Waals surface area contributed by atoms with Gasteiger partial charge in [0, 0.05) is 6.08 Å². The predicted molar refractivity (Wildman–Crippen MR) is 140 cm³/mol. The molecule has 8 nitrogen and oxygen atoms in total. The van der Waals surface area contributed by atoms with Gasteiger partial charge in [-0.15, -0.1) is 0 Å². The second-order valence-corrected chi connectivity index (χ2v) is 8.33. The molecule has 0 aliphatic heterocycles. The van der Waals surface area contributed by atoms with Gasteiger partial charge in [0.05, 0.1) is 52.9 Å². The maximum atomic E-state index is 10.8. The molecular weight excluding hydrogens is 464 g/mol. The van der Waals surface area contributed by atoms with Crippen LogP contribution in [0.25, 0.3) is 0 Å². The van der Waals surface area contributed by atoms with Gasteiger partial charge in [0.15, 0.2) is 0 Å². The Balaban J connectivity index is 1.93. The molecule has 0 saturated heterocycles. The number of ether oxygens (including phenoxy) is 6. The third-order valence-corrected chi connectivity index (χ3v) is 5.35. The van der Waals surface area contributed by atoms with Gasteiger partial charge in [0.1, 0.15) is 24.7 Å². The van der Waals surface area contributed by atoms with Gasteiger partial charge in [-0.05, 0) is 36.6 Å². The van der Waals surface area contributed by atoms with Gasteiger partial charge in [0.2, 0.25) is 0 Å². The van der Waals surface area contributed by atoms with Crippen molar-refractivity contribution >= 4 is 5.97 Å². The molecule has 0 aliphatic carbocycles. The topological polar surface area (TPSA) is 92.7 Å². The van der Waals surface area contributed by atoms with Crippen LogP contribution in [-0.2, 0) is 34.9 Å². The molecule has 0 radical (unpaired) electrons. The first-order valence-electron chi connectivity index (χ1n) is 13.2. The summed E-state index contributed by atoms with van der Waals surface area (Å²) in [6.45, 7) is 9.77. The van der Waals surface area contributed by atoms with E-state index >= 15 is 0 Å². The third kappa shape index (κ3) is 18.2. The summed E-state index contributed by atoms with van der Waals surface area (Å²) in [7, 11) is 0. The average Bonchev–Trinajstić information content (AvgIpc) is 2.89. The lowest BCUT2D eigenvalue weighted by Crippen LogP contribution is -2.14. The van der Waals surface area contributed by atoms with Crippen molar-refractivity contribution in [3.63, 3.8) is 0 Å². The predicted octanol–water partition coefficient (Wildman–Crippen LogP) is 4.86. The molecule has 0 bridgehead atoms. The summed E-state index contributed by atoms with van der Waals surface area (Å²) in [5, 5.41) is 10.1. The SMILES string of the molecule is C=CC(=O)OCCOCCOCCOCCOCCOc1ccc(O)c(CCCCCCCCC)c1. The molecule has 36 heavy (non-hydrogen) atoms. The van der Waals surface area contributed by atoms with Crippen LogP contribution in [0.1, 0.15) is 57.4 Å².